The molecule has 1 aromatic heterocycles. The van der Waals surface area contributed by atoms with Crippen molar-refractivity contribution in [1.82, 2.24) is 14.7 Å². The number of aromatic nitrogens is 2. The summed E-state index contributed by atoms with van der Waals surface area (Å²) in [5.41, 5.74) is 7.22. The molecule has 2 fully saturated rings. The van der Waals surface area contributed by atoms with Crippen LogP contribution in [-0.4, -0.2) is 52.9 Å². The molecule has 0 spiro atoms. The third-order valence-electron chi connectivity index (χ3n) is 5.02. The fourth-order valence-electron chi connectivity index (χ4n) is 3.43. The number of hydrogen-bond donors (Lipinski definition) is 1. The van der Waals surface area contributed by atoms with Crippen LogP contribution in [0.25, 0.3) is 0 Å². The molecule has 1 aromatic rings. The van der Waals surface area contributed by atoms with Gasteiger partial charge in [0, 0.05) is 31.3 Å². The molecule has 1 amide bonds. The molecule has 1 saturated carbocycles. The van der Waals surface area contributed by atoms with Gasteiger partial charge in [-0.25, -0.2) is 0 Å². The molecule has 140 valence electrons. The number of likely N-dealkylation sites (tertiary alicyclic amines) is 1. The minimum absolute atomic E-state index is 0.0605. The largest absolute Gasteiger partial charge is 0.378 e. The average molecular weight is 348 g/mol. The summed E-state index contributed by atoms with van der Waals surface area (Å²) < 4.78 is 7.88. The van der Waals surface area contributed by atoms with Gasteiger partial charge in [-0.2, -0.15) is 5.10 Å². The Bertz CT molecular complexity index is 593. The molecule has 0 radical (unpaired) electrons. The number of ether oxygens (including phenoxy) is 1. The predicted molar refractivity (Wildman–Crippen MR) is 97.7 cm³/mol. The molecule has 3 rings (SSSR count). The first-order valence-electron chi connectivity index (χ1n) is 9.61. The van der Waals surface area contributed by atoms with E-state index >= 15 is 0 Å². The van der Waals surface area contributed by atoms with E-state index in [1.54, 1.807) is 0 Å². The molecule has 0 bridgehead atoms. The Kier molecular flexibility index (Phi) is 5.49. The van der Waals surface area contributed by atoms with E-state index in [1.165, 1.54) is 18.5 Å². The Morgan fingerprint density at radius 1 is 1.28 bits per heavy atom. The molecule has 1 saturated heterocycles. The number of amides is 1. The van der Waals surface area contributed by atoms with Crippen LogP contribution in [0.3, 0.4) is 0 Å². The van der Waals surface area contributed by atoms with Gasteiger partial charge >= 0.3 is 0 Å². The van der Waals surface area contributed by atoms with Crippen molar-refractivity contribution in [2.24, 2.45) is 5.73 Å². The Labute approximate surface area is 150 Å². The summed E-state index contributed by atoms with van der Waals surface area (Å²) in [6.07, 6.45) is 5.36. The second-order valence-corrected chi connectivity index (χ2v) is 8.32. The number of rotatable bonds is 6. The Hall–Kier alpha value is -1.40. The minimum atomic E-state index is -0.0969. The van der Waals surface area contributed by atoms with Crippen molar-refractivity contribution >= 4 is 5.91 Å². The van der Waals surface area contributed by atoms with Crippen molar-refractivity contribution in [3.05, 3.63) is 17.5 Å². The first kappa shape index (κ1) is 18.4. The lowest BCUT2D eigenvalue weighted by molar-refractivity contribution is 0.00826. The molecule has 2 aliphatic rings. The first-order valence-corrected chi connectivity index (χ1v) is 9.61. The third kappa shape index (κ3) is 4.42. The lowest BCUT2D eigenvalue weighted by atomic mass is 10.1. The number of hydrogen-bond acceptors (Lipinski definition) is 4. The van der Waals surface area contributed by atoms with Crippen LogP contribution in [0, 0.1) is 0 Å². The summed E-state index contributed by atoms with van der Waals surface area (Å²) >= 11 is 0. The monoisotopic (exact) mass is 348 g/mol. The second-order valence-electron chi connectivity index (χ2n) is 8.32. The topological polar surface area (TPSA) is 73.4 Å². The number of carbonyl (C=O) groups excluding carboxylic acids is 1. The third-order valence-corrected chi connectivity index (χ3v) is 5.02. The zero-order valence-electron chi connectivity index (χ0n) is 15.8. The van der Waals surface area contributed by atoms with Crippen LogP contribution in [0.1, 0.15) is 75.0 Å². The lowest BCUT2D eigenvalue weighted by Gasteiger charge is -2.31. The van der Waals surface area contributed by atoms with Gasteiger partial charge in [-0.05, 0) is 65.5 Å². The molecule has 2 heterocycles. The zero-order valence-corrected chi connectivity index (χ0v) is 15.8. The SMILES string of the molecule is CC(C)(C)n1nc(C(=O)N2CCC(OCCCN)CC2)cc1C1CC1. The molecule has 6 nitrogen and oxygen atoms in total. The highest BCUT2D eigenvalue weighted by atomic mass is 16.5. The van der Waals surface area contributed by atoms with Crippen molar-refractivity contribution in [2.45, 2.75) is 70.4 Å². The smallest absolute Gasteiger partial charge is 0.274 e. The lowest BCUT2D eigenvalue weighted by Crippen LogP contribution is -2.41. The van der Waals surface area contributed by atoms with Crippen LogP contribution in [0.5, 0.6) is 0 Å². The summed E-state index contributed by atoms with van der Waals surface area (Å²) in [7, 11) is 0. The molecule has 0 atom stereocenters. The Morgan fingerprint density at radius 3 is 2.52 bits per heavy atom. The molecule has 1 aliphatic carbocycles. The van der Waals surface area contributed by atoms with Gasteiger partial charge < -0.3 is 15.4 Å². The molecular formula is C19H32N4O2. The van der Waals surface area contributed by atoms with E-state index < -0.39 is 0 Å². The number of carbonyl (C=O) groups is 1. The van der Waals surface area contributed by atoms with E-state index in [1.807, 2.05) is 11.0 Å². The summed E-state index contributed by atoms with van der Waals surface area (Å²) in [5.74, 6) is 0.639. The fourth-order valence-corrected chi connectivity index (χ4v) is 3.43. The Balaban J connectivity index is 1.62. The van der Waals surface area contributed by atoms with E-state index in [2.05, 4.69) is 30.6 Å². The van der Waals surface area contributed by atoms with Crippen molar-refractivity contribution in [3.63, 3.8) is 0 Å². The normalized spacial score (nSPS) is 19.4. The summed E-state index contributed by atoms with van der Waals surface area (Å²) in [6.45, 7) is 9.30. The van der Waals surface area contributed by atoms with E-state index in [-0.39, 0.29) is 17.6 Å². The standard InChI is InChI=1S/C19H32N4O2/c1-19(2,3)23-17(14-5-6-14)13-16(21-23)18(24)22-10-7-15(8-11-22)25-12-4-9-20/h13-15H,4-12,20H2,1-3H3. The number of nitrogens with two attached hydrogens (primary N) is 1. The van der Waals surface area contributed by atoms with Gasteiger partial charge in [-0.1, -0.05) is 0 Å². The van der Waals surface area contributed by atoms with Gasteiger partial charge in [0.05, 0.1) is 11.6 Å². The van der Waals surface area contributed by atoms with Gasteiger partial charge in [0.2, 0.25) is 0 Å². The van der Waals surface area contributed by atoms with Crippen LogP contribution >= 0.6 is 0 Å². The van der Waals surface area contributed by atoms with E-state index in [0.29, 0.717) is 18.2 Å². The summed E-state index contributed by atoms with van der Waals surface area (Å²) in [5, 5.41) is 4.68. The molecular weight excluding hydrogens is 316 g/mol. The maximum atomic E-state index is 12.9. The predicted octanol–water partition coefficient (Wildman–Crippen LogP) is 2.49. The second kappa shape index (κ2) is 7.46. The van der Waals surface area contributed by atoms with Gasteiger partial charge in [0.25, 0.3) is 5.91 Å². The highest BCUT2D eigenvalue weighted by molar-refractivity contribution is 5.92. The van der Waals surface area contributed by atoms with Gasteiger partial charge in [-0.15, -0.1) is 0 Å². The van der Waals surface area contributed by atoms with E-state index in [9.17, 15) is 4.79 Å². The van der Waals surface area contributed by atoms with Gasteiger partial charge in [0.15, 0.2) is 5.69 Å². The number of nitrogens with zero attached hydrogens (tertiary/aromatic N) is 3. The summed E-state index contributed by atoms with van der Waals surface area (Å²) in [6, 6.07) is 2.02. The molecule has 0 aromatic carbocycles. The molecule has 25 heavy (non-hydrogen) atoms. The van der Waals surface area contributed by atoms with Crippen LogP contribution in [-0.2, 0) is 10.3 Å². The van der Waals surface area contributed by atoms with Gasteiger partial charge in [-0.3, -0.25) is 9.48 Å². The molecule has 1 aliphatic heterocycles. The van der Waals surface area contributed by atoms with Crippen molar-refractivity contribution in [1.29, 1.82) is 0 Å². The summed E-state index contributed by atoms with van der Waals surface area (Å²) in [4.78, 5) is 14.8. The molecule has 2 N–H and O–H groups in total. The van der Waals surface area contributed by atoms with Crippen LogP contribution in [0.4, 0.5) is 0 Å². The van der Waals surface area contributed by atoms with Crippen molar-refractivity contribution < 1.29 is 9.53 Å². The fraction of sp³-hybridized carbons (Fsp3) is 0.789. The zero-order chi connectivity index (χ0) is 18.0. The highest BCUT2D eigenvalue weighted by Gasteiger charge is 2.34. The highest BCUT2D eigenvalue weighted by Crippen LogP contribution is 2.41. The van der Waals surface area contributed by atoms with Crippen LogP contribution in [0.15, 0.2) is 6.07 Å². The average Bonchev–Trinajstić information content (AvgIpc) is 3.32. The van der Waals surface area contributed by atoms with Crippen molar-refractivity contribution in [3.8, 4) is 0 Å². The van der Waals surface area contributed by atoms with Crippen LogP contribution in [0.2, 0.25) is 0 Å². The maximum absolute atomic E-state index is 12.9. The maximum Gasteiger partial charge on any atom is 0.274 e. The quantitative estimate of drug-likeness (QED) is 0.802. The van der Waals surface area contributed by atoms with Crippen LogP contribution < -0.4 is 5.73 Å². The minimum Gasteiger partial charge on any atom is -0.378 e. The van der Waals surface area contributed by atoms with Gasteiger partial charge in [0.1, 0.15) is 0 Å². The molecule has 0 unspecified atom stereocenters. The number of piperidine rings is 1. The first-order chi connectivity index (χ1) is 11.9. The van der Waals surface area contributed by atoms with E-state index in [0.717, 1.165) is 39.0 Å². The molecule has 6 heteroatoms. The van der Waals surface area contributed by atoms with E-state index in [4.69, 9.17) is 10.5 Å². The van der Waals surface area contributed by atoms with Crippen molar-refractivity contribution in [2.75, 3.05) is 26.2 Å². The Morgan fingerprint density at radius 2 is 1.96 bits per heavy atom.